The van der Waals surface area contributed by atoms with Crippen LogP contribution in [-0.2, 0) is 17.8 Å². The predicted molar refractivity (Wildman–Crippen MR) is 78.5 cm³/mol. The van der Waals surface area contributed by atoms with Gasteiger partial charge >= 0.3 is 0 Å². The van der Waals surface area contributed by atoms with Crippen molar-refractivity contribution in [2.24, 2.45) is 0 Å². The van der Waals surface area contributed by atoms with E-state index < -0.39 is 0 Å². The van der Waals surface area contributed by atoms with Crippen molar-refractivity contribution in [3.63, 3.8) is 0 Å². The highest BCUT2D eigenvalue weighted by Crippen LogP contribution is 2.11. The van der Waals surface area contributed by atoms with Gasteiger partial charge in [-0.15, -0.1) is 0 Å². The van der Waals surface area contributed by atoms with E-state index in [1.54, 1.807) is 4.57 Å². The number of nitrogens with one attached hydrogen (secondary N) is 2. The Labute approximate surface area is 119 Å². The third-order valence-electron chi connectivity index (χ3n) is 2.97. The minimum atomic E-state index is -0.178. The van der Waals surface area contributed by atoms with Gasteiger partial charge in [0.15, 0.2) is 4.77 Å². The number of carbonyl (C=O) groups excluding carboxylic acids is 1. The zero-order valence-electron chi connectivity index (χ0n) is 12.2. The van der Waals surface area contributed by atoms with Crippen LogP contribution in [0.1, 0.15) is 52.8 Å². The fourth-order valence-corrected chi connectivity index (χ4v) is 2.39. The van der Waals surface area contributed by atoms with E-state index in [1.165, 1.54) is 0 Å². The van der Waals surface area contributed by atoms with Crippen molar-refractivity contribution in [2.45, 2.75) is 65.5 Å². The van der Waals surface area contributed by atoms with Crippen molar-refractivity contribution < 1.29 is 4.79 Å². The fourth-order valence-electron chi connectivity index (χ4n) is 2.18. The van der Waals surface area contributed by atoms with Crippen molar-refractivity contribution in [1.29, 1.82) is 0 Å². The highest BCUT2D eigenvalue weighted by molar-refractivity contribution is 7.71. The van der Waals surface area contributed by atoms with E-state index in [1.807, 2.05) is 13.8 Å². The number of aromatic nitrogens is 3. The zero-order valence-corrected chi connectivity index (χ0v) is 13.1. The van der Waals surface area contributed by atoms with E-state index in [9.17, 15) is 4.79 Å². The Hall–Kier alpha value is -1.17. The quantitative estimate of drug-likeness (QED) is 0.757. The van der Waals surface area contributed by atoms with Gasteiger partial charge in [-0.25, -0.2) is 0 Å². The van der Waals surface area contributed by atoms with Crippen molar-refractivity contribution in [3.8, 4) is 0 Å². The first-order valence-electron chi connectivity index (χ1n) is 6.84. The lowest BCUT2D eigenvalue weighted by Crippen LogP contribution is -2.44. The molecule has 108 valence electrons. The number of amides is 1. The molecule has 0 aromatic carbocycles. The first kappa shape index (κ1) is 15.9. The number of carbonyl (C=O) groups is 1. The Morgan fingerprint density at radius 2 is 2.11 bits per heavy atom. The summed E-state index contributed by atoms with van der Waals surface area (Å²) in [6.45, 7) is 8.50. The molecule has 0 aliphatic rings. The number of nitrogens with zero attached hydrogens (tertiary/aromatic N) is 2. The fraction of sp³-hybridized carbons (Fsp3) is 0.769. The molecule has 0 bridgehead atoms. The Kier molecular flexibility index (Phi) is 5.72. The lowest BCUT2D eigenvalue weighted by atomic mass is 9.99. The lowest BCUT2D eigenvalue weighted by molar-refractivity contribution is -0.123. The number of hydrogen-bond acceptors (Lipinski definition) is 3. The molecule has 1 rings (SSSR count). The minimum absolute atomic E-state index is 0.0201. The third kappa shape index (κ3) is 4.78. The molecule has 1 aromatic rings. The number of H-pyrrole nitrogens is 1. The molecule has 2 N–H and O–H groups in total. The number of aryl methyl sites for hydroxylation is 1. The molecular weight excluding hydrogens is 260 g/mol. The molecule has 0 aliphatic carbocycles. The van der Waals surface area contributed by atoms with Crippen molar-refractivity contribution in [3.05, 3.63) is 10.6 Å². The number of rotatable bonds is 7. The molecule has 1 heterocycles. The van der Waals surface area contributed by atoms with E-state index in [-0.39, 0.29) is 18.0 Å². The van der Waals surface area contributed by atoms with E-state index in [0.717, 1.165) is 31.5 Å². The van der Waals surface area contributed by atoms with Crippen LogP contribution < -0.4 is 5.32 Å². The standard InChI is InChI=1S/C13H24N4OS/c1-5-7-10-15-16-12(19)17(10)9-11(18)14-13(3,4)8-6-2/h5-9H2,1-4H3,(H,14,18)(H,16,19). The molecule has 0 unspecified atom stereocenters. The molecule has 0 radical (unpaired) electrons. The third-order valence-corrected chi connectivity index (χ3v) is 3.28. The zero-order chi connectivity index (χ0) is 14.5. The molecule has 19 heavy (non-hydrogen) atoms. The summed E-state index contributed by atoms with van der Waals surface area (Å²) >= 11 is 5.16. The van der Waals surface area contributed by atoms with Gasteiger partial charge in [-0.2, -0.15) is 5.10 Å². The van der Waals surface area contributed by atoms with Crippen LogP contribution >= 0.6 is 12.2 Å². The van der Waals surface area contributed by atoms with Gasteiger partial charge in [0.05, 0.1) is 0 Å². The van der Waals surface area contributed by atoms with Gasteiger partial charge < -0.3 is 5.32 Å². The molecular formula is C13H24N4OS. The molecule has 0 aliphatic heterocycles. The van der Waals surface area contributed by atoms with Gasteiger partial charge in [0.1, 0.15) is 12.4 Å². The van der Waals surface area contributed by atoms with Gasteiger partial charge in [0, 0.05) is 12.0 Å². The molecule has 0 saturated carbocycles. The maximum atomic E-state index is 12.1. The Balaban J connectivity index is 2.72. The summed E-state index contributed by atoms with van der Waals surface area (Å²) in [6, 6.07) is 0. The van der Waals surface area contributed by atoms with E-state index in [2.05, 4.69) is 29.4 Å². The van der Waals surface area contributed by atoms with Gasteiger partial charge in [-0.05, 0) is 38.9 Å². The topological polar surface area (TPSA) is 62.7 Å². The summed E-state index contributed by atoms with van der Waals surface area (Å²) < 4.78 is 2.28. The number of hydrogen-bond donors (Lipinski definition) is 2. The van der Waals surface area contributed by atoms with Gasteiger partial charge in [0.25, 0.3) is 0 Å². The van der Waals surface area contributed by atoms with Crippen LogP contribution in [-0.4, -0.2) is 26.2 Å². The molecule has 6 heteroatoms. The van der Waals surface area contributed by atoms with Crippen LogP contribution in [0.25, 0.3) is 0 Å². The largest absolute Gasteiger partial charge is 0.350 e. The van der Waals surface area contributed by atoms with Crippen molar-refractivity contribution in [2.75, 3.05) is 0 Å². The first-order valence-corrected chi connectivity index (χ1v) is 7.25. The molecule has 0 atom stereocenters. The number of aromatic amines is 1. The maximum Gasteiger partial charge on any atom is 0.240 e. The summed E-state index contributed by atoms with van der Waals surface area (Å²) in [5.74, 6) is 0.823. The van der Waals surface area contributed by atoms with Gasteiger partial charge in [-0.3, -0.25) is 14.5 Å². The van der Waals surface area contributed by atoms with Gasteiger partial charge in [-0.1, -0.05) is 20.3 Å². The van der Waals surface area contributed by atoms with E-state index in [4.69, 9.17) is 12.2 Å². The van der Waals surface area contributed by atoms with Crippen LogP contribution in [0.4, 0.5) is 0 Å². The summed E-state index contributed by atoms with van der Waals surface area (Å²) in [4.78, 5) is 12.1. The second-order valence-corrected chi connectivity index (χ2v) is 5.85. The SMILES string of the molecule is CCCc1n[nH]c(=S)n1CC(=O)NC(C)(C)CCC. The van der Waals surface area contributed by atoms with Crippen LogP contribution in [0.5, 0.6) is 0 Å². The van der Waals surface area contributed by atoms with E-state index in [0.29, 0.717) is 4.77 Å². The summed E-state index contributed by atoms with van der Waals surface area (Å²) in [7, 11) is 0. The van der Waals surface area contributed by atoms with Crippen LogP contribution in [0.15, 0.2) is 0 Å². The van der Waals surface area contributed by atoms with Crippen LogP contribution in [0.2, 0.25) is 0 Å². The monoisotopic (exact) mass is 284 g/mol. The average molecular weight is 284 g/mol. The van der Waals surface area contributed by atoms with E-state index >= 15 is 0 Å². The van der Waals surface area contributed by atoms with Crippen molar-refractivity contribution in [1.82, 2.24) is 20.1 Å². The van der Waals surface area contributed by atoms with Crippen LogP contribution in [0, 0.1) is 4.77 Å². The Bertz CT molecular complexity index is 475. The minimum Gasteiger partial charge on any atom is -0.350 e. The van der Waals surface area contributed by atoms with Crippen LogP contribution in [0.3, 0.4) is 0 Å². The smallest absolute Gasteiger partial charge is 0.240 e. The normalized spacial score (nSPS) is 11.6. The average Bonchev–Trinajstić information content (AvgIpc) is 2.61. The molecule has 5 nitrogen and oxygen atoms in total. The summed E-state index contributed by atoms with van der Waals surface area (Å²) in [6.07, 6.45) is 3.79. The highest BCUT2D eigenvalue weighted by atomic mass is 32.1. The summed E-state index contributed by atoms with van der Waals surface area (Å²) in [5.41, 5.74) is -0.178. The van der Waals surface area contributed by atoms with Gasteiger partial charge in [0.2, 0.25) is 5.91 Å². The Morgan fingerprint density at radius 1 is 1.42 bits per heavy atom. The maximum absolute atomic E-state index is 12.1. The first-order chi connectivity index (χ1) is 8.89. The Morgan fingerprint density at radius 3 is 2.68 bits per heavy atom. The lowest BCUT2D eigenvalue weighted by Gasteiger charge is -2.25. The second-order valence-electron chi connectivity index (χ2n) is 5.46. The molecule has 0 spiro atoms. The highest BCUT2D eigenvalue weighted by Gasteiger charge is 2.20. The van der Waals surface area contributed by atoms with Crippen molar-refractivity contribution >= 4 is 18.1 Å². The summed E-state index contributed by atoms with van der Waals surface area (Å²) in [5, 5.41) is 9.95. The molecule has 0 fully saturated rings. The molecule has 0 saturated heterocycles. The second kappa shape index (κ2) is 6.84. The predicted octanol–water partition coefficient (Wildman–Crippen LogP) is 2.59. The molecule has 1 amide bonds. The molecule has 1 aromatic heterocycles.